The lowest BCUT2D eigenvalue weighted by Crippen LogP contribution is -2.26. The van der Waals surface area contributed by atoms with E-state index in [1.54, 1.807) is 6.08 Å². The van der Waals surface area contributed by atoms with Crippen molar-refractivity contribution in [3.8, 4) is 0 Å². The van der Waals surface area contributed by atoms with Gasteiger partial charge in [0, 0.05) is 18.9 Å². The molecule has 1 rings (SSSR count). The fraction of sp³-hybridized carbons (Fsp3) is 0.588. The van der Waals surface area contributed by atoms with Crippen molar-refractivity contribution in [2.75, 3.05) is 0 Å². The van der Waals surface area contributed by atoms with Gasteiger partial charge in [0.2, 0.25) is 0 Å². The van der Waals surface area contributed by atoms with Crippen molar-refractivity contribution in [2.45, 2.75) is 118 Å². The molecular weight excluding hydrogens is 488 g/mol. The van der Waals surface area contributed by atoms with E-state index >= 15 is 0 Å². The maximum Gasteiger partial charge on any atom is 0.331 e. The van der Waals surface area contributed by atoms with Crippen molar-refractivity contribution >= 4 is 11.9 Å². The topological polar surface area (TPSA) is 72.8 Å². The largest absolute Gasteiger partial charge is 0.462 e. The minimum atomic E-state index is -0.365. The molecule has 0 fully saturated rings. The fourth-order valence-electron chi connectivity index (χ4n) is 4.29. The second-order valence-electron chi connectivity index (χ2n) is 11.3. The lowest BCUT2D eigenvalue weighted by molar-refractivity contribution is -0.151. The number of cyclic esters (lactones) is 1. The van der Waals surface area contributed by atoms with Gasteiger partial charge in [-0.2, -0.15) is 0 Å². The Hall–Kier alpha value is -2.66. The molecule has 1 aliphatic heterocycles. The first kappa shape index (κ1) is 34.4. The van der Waals surface area contributed by atoms with Crippen molar-refractivity contribution in [3.63, 3.8) is 0 Å². The lowest BCUT2D eigenvalue weighted by atomic mass is 9.94. The summed E-state index contributed by atoms with van der Waals surface area (Å²) in [7, 11) is 0. The van der Waals surface area contributed by atoms with Crippen LogP contribution in [0, 0.1) is 11.8 Å². The van der Waals surface area contributed by atoms with E-state index < -0.39 is 0 Å². The lowest BCUT2D eigenvalue weighted by Gasteiger charge is -2.24. The van der Waals surface area contributed by atoms with Crippen LogP contribution in [0.25, 0.3) is 0 Å². The normalized spacial score (nSPS) is 23.6. The van der Waals surface area contributed by atoms with Crippen molar-refractivity contribution in [1.82, 2.24) is 0 Å². The molecule has 0 bridgehead atoms. The van der Waals surface area contributed by atoms with Gasteiger partial charge in [0.1, 0.15) is 12.2 Å². The third-order valence-corrected chi connectivity index (χ3v) is 6.79. The van der Waals surface area contributed by atoms with Crippen molar-refractivity contribution in [2.24, 2.45) is 11.8 Å². The molecule has 0 spiro atoms. The smallest absolute Gasteiger partial charge is 0.331 e. The summed E-state index contributed by atoms with van der Waals surface area (Å²) >= 11 is 0. The van der Waals surface area contributed by atoms with Crippen LogP contribution in [0.1, 0.15) is 99.8 Å². The maximum absolute atomic E-state index is 12.6. The zero-order valence-corrected chi connectivity index (χ0v) is 25.3. The molecule has 39 heavy (non-hydrogen) atoms. The van der Waals surface area contributed by atoms with Gasteiger partial charge in [-0.1, -0.05) is 86.1 Å². The average Bonchev–Trinajstić information content (AvgIpc) is 2.85. The quantitative estimate of drug-likeness (QED) is 0.0942. The summed E-state index contributed by atoms with van der Waals surface area (Å²) in [6, 6.07) is 0. The van der Waals surface area contributed by atoms with Crippen LogP contribution in [-0.4, -0.2) is 35.4 Å². The summed E-state index contributed by atoms with van der Waals surface area (Å²) in [5.41, 5.74) is 3.23. The molecule has 0 aromatic heterocycles. The summed E-state index contributed by atoms with van der Waals surface area (Å²) in [5.74, 6) is -0.110. The molecule has 218 valence electrons. The Morgan fingerprint density at radius 1 is 1.08 bits per heavy atom. The van der Waals surface area contributed by atoms with Gasteiger partial charge < -0.3 is 14.6 Å². The number of ether oxygens (including phenoxy) is 2. The highest BCUT2D eigenvalue weighted by Crippen LogP contribution is 2.22. The van der Waals surface area contributed by atoms with E-state index in [0.29, 0.717) is 25.7 Å². The minimum absolute atomic E-state index is 0.0918. The summed E-state index contributed by atoms with van der Waals surface area (Å²) in [6.45, 7) is 14.1. The van der Waals surface area contributed by atoms with Crippen molar-refractivity contribution in [3.05, 3.63) is 71.4 Å². The van der Waals surface area contributed by atoms with Crippen molar-refractivity contribution in [1.29, 1.82) is 0 Å². The van der Waals surface area contributed by atoms with E-state index in [1.165, 1.54) is 11.6 Å². The summed E-state index contributed by atoms with van der Waals surface area (Å²) in [4.78, 5) is 24.9. The number of unbranched alkanes of at least 4 members (excludes halogenated alkanes) is 1. The number of aliphatic hydroxyl groups excluding tert-OH is 1. The highest BCUT2D eigenvalue weighted by Gasteiger charge is 2.23. The zero-order valence-electron chi connectivity index (χ0n) is 25.3. The van der Waals surface area contributed by atoms with E-state index in [2.05, 4.69) is 52.0 Å². The number of carbonyl (C=O) groups is 2. The number of carbonyl (C=O) groups excluding carboxylic acids is 2. The molecule has 0 unspecified atom stereocenters. The molecule has 0 amide bonds. The second-order valence-corrected chi connectivity index (χ2v) is 11.3. The first-order valence-electron chi connectivity index (χ1n) is 14.6. The van der Waals surface area contributed by atoms with Crippen LogP contribution in [0.4, 0.5) is 0 Å². The molecule has 1 aliphatic rings. The standard InChI is InChI=1S/C34H52O5/c1-25(2)31-19-11-9-17-29(6)32(20-13-21-33(36)38-31)39-34(37)23-22-28(5)24-27(4)16-12-15-26(3)14-8-10-18-30(7)35/h9,11-12,14-16,22-25,29-32,35H,8,10,13,17-21H2,1-7H3/t29-,30-,31+,32-/m0/s1. The molecular formula is C34H52O5. The second kappa shape index (κ2) is 19.4. The van der Waals surface area contributed by atoms with Crippen LogP contribution in [0.2, 0.25) is 0 Å². The number of aliphatic hydroxyl groups is 1. The van der Waals surface area contributed by atoms with Crippen LogP contribution < -0.4 is 0 Å². The van der Waals surface area contributed by atoms with Gasteiger partial charge in [0.05, 0.1) is 6.10 Å². The summed E-state index contributed by atoms with van der Waals surface area (Å²) in [6.07, 6.45) is 23.1. The molecule has 4 atom stereocenters. The van der Waals surface area contributed by atoms with Gasteiger partial charge in [-0.15, -0.1) is 0 Å². The van der Waals surface area contributed by atoms with E-state index in [0.717, 1.165) is 36.8 Å². The van der Waals surface area contributed by atoms with E-state index in [9.17, 15) is 14.7 Å². The molecule has 1 N–H and O–H groups in total. The number of rotatable bonds is 11. The molecule has 0 saturated heterocycles. The first-order valence-corrected chi connectivity index (χ1v) is 14.6. The van der Waals surface area contributed by atoms with Gasteiger partial charge >= 0.3 is 11.9 Å². The number of esters is 2. The van der Waals surface area contributed by atoms with Crippen LogP contribution >= 0.6 is 0 Å². The Bertz CT molecular complexity index is 929. The third kappa shape index (κ3) is 16.8. The number of hydrogen-bond acceptors (Lipinski definition) is 5. The monoisotopic (exact) mass is 540 g/mol. The molecule has 0 aliphatic carbocycles. The zero-order chi connectivity index (χ0) is 29.2. The van der Waals surface area contributed by atoms with Crippen molar-refractivity contribution < 1.29 is 24.2 Å². The van der Waals surface area contributed by atoms with E-state index in [-0.39, 0.29) is 42.1 Å². The molecule has 0 radical (unpaired) electrons. The molecule has 0 aromatic rings. The Balaban J connectivity index is 2.67. The fourth-order valence-corrected chi connectivity index (χ4v) is 4.29. The maximum atomic E-state index is 12.6. The predicted octanol–water partition coefficient (Wildman–Crippen LogP) is 8.12. The summed E-state index contributed by atoms with van der Waals surface area (Å²) < 4.78 is 11.5. The SMILES string of the molecule is CC(=CC=CC(C)=CCCC[C@H](C)O)C=C(C)C=CC(=O)O[C@H]1CCCC(=O)O[C@@H](C(C)C)CC=CC[C@@H]1C. The third-order valence-electron chi connectivity index (χ3n) is 6.79. The van der Waals surface area contributed by atoms with Crippen LogP contribution in [-0.2, 0) is 19.1 Å². The highest BCUT2D eigenvalue weighted by molar-refractivity contribution is 5.82. The molecule has 1 heterocycles. The van der Waals surface area contributed by atoms with Gasteiger partial charge in [0.25, 0.3) is 0 Å². The van der Waals surface area contributed by atoms with Crippen LogP contribution in [0.15, 0.2) is 71.4 Å². The Labute approximate surface area is 237 Å². The van der Waals surface area contributed by atoms with Gasteiger partial charge in [-0.25, -0.2) is 4.79 Å². The van der Waals surface area contributed by atoms with Gasteiger partial charge in [-0.05, 0) is 78.1 Å². The first-order chi connectivity index (χ1) is 18.5. The Morgan fingerprint density at radius 2 is 1.79 bits per heavy atom. The van der Waals surface area contributed by atoms with Crippen LogP contribution in [0.5, 0.6) is 0 Å². The number of hydrogen-bond donors (Lipinski definition) is 1. The van der Waals surface area contributed by atoms with E-state index in [1.807, 2.05) is 39.0 Å². The highest BCUT2D eigenvalue weighted by atomic mass is 16.5. The summed E-state index contributed by atoms with van der Waals surface area (Å²) in [5, 5.41) is 9.33. The van der Waals surface area contributed by atoms with Gasteiger partial charge in [0.15, 0.2) is 0 Å². The Morgan fingerprint density at radius 3 is 2.49 bits per heavy atom. The minimum Gasteiger partial charge on any atom is -0.462 e. The predicted molar refractivity (Wildman–Crippen MR) is 161 cm³/mol. The Kier molecular flexibility index (Phi) is 17.1. The molecule has 0 saturated carbocycles. The molecule has 0 aromatic carbocycles. The van der Waals surface area contributed by atoms with Crippen LogP contribution in [0.3, 0.4) is 0 Å². The average molecular weight is 541 g/mol. The number of allylic oxidation sites excluding steroid dienone is 10. The van der Waals surface area contributed by atoms with Gasteiger partial charge in [-0.3, -0.25) is 4.79 Å². The van der Waals surface area contributed by atoms with E-state index in [4.69, 9.17) is 9.47 Å². The molecule has 5 nitrogen and oxygen atoms in total. The molecule has 5 heteroatoms.